The molecule has 1 saturated carbocycles. The van der Waals surface area contributed by atoms with Crippen molar-refractivity contribution in [3.8, 4) is 0 Å². The molecule has 2 aliphatic carbocycles. The zero-order valence-electron chi connectivity index (χ0n) is 25.6. The first kappa shape index (κ1) is 31.0. The third-order valence-corrected chi connectivity index (χ3v) is 9.98. The highest BCUT2D eigenvalue weighted by Gasteiger charge is 2.69. The summed E-state index contributed by atoms with van der Waals surface area (Å²) in [5.74, 6) is -1.80. The molecule has 0 unspecified atom stereocenters. The maximum Gasteiger partial charge on any atom is 0.308 e. The molecule has 10 nitrogen and oxygen atoms in total. The number of hydrogen-bond acceptors (Lipinski definition) is 10. The topological polar surface area (TPSA) is 124 Å². The van der Waals surface area contributed by atoms with Gasteiger partial charge in [0.05, 0.1) is 19.4 Å². The number of carbonyl (C=O) groups excluding carboxylic acids is 4. The summed E-state index contributed by atoms with van der Waals surface area (Å²) < 4.78 is 23.6. The van der Waals surface area contributed by atoms with E-state index in [0.717, 1.165) is 19.3 Å². The summed E-state index contributed by atoms with van der Waals surface area (Å²) in [6.45, 7) is 11.6. The van der Waals surface area contributed by atoms with Gasteiger partial charge in [0, 0.05) is 35.0 Å². The molecule has 42 heavy (non-hydrogen) atoms. The lowest BCUT2D eigenvalue weighted by Gasteiger charge is -2.59. The standard InChI is InChI=1S/C32H44O10/c1-17(2)22-16-25(33)19(4)21(28(22)36)8-7-15-37-26(34)11-12-27(35)38-29-20(5)24-10-9-18(3)23-13-14-31(6)40-30(39-29)32(23,24)42-41-31/h16-18,20,23-24,29-30H,7-15H2,1-6H3/t18-,20-,23+,24+,29-,30-,31-,32-/m1/s1. The molecule has 6 rings (SSSR count). The van der Waals surface area contributed by atoms with Crippen LogP contribution in [0.2, 0.25) is 0 Å². The minimum Gasteiger partial charge on any atom is -0.466 e. The van der Waals surface area contributed by atoms with Gasteiger partial charge in [-0.05, 0) is 69.8 Å². The van der Waals surface area contributed by atoms with Crippen molar-refractivity contribution in [2.45, 2.75) is 117 Å². The molecule has 0 aromatic heterocycles. The molecule has 1 spiro atoms. The third-order valence-electron chi connectivity index (χ3n) is 9.98. The van der Waals surface area contributed by atoms with Crippen molar-refractivity contribution in [1.29, 1.82) is 0 Å². The van der Waals surface area contributed by atoms with Crippen molar-refractivity contribution < 1.29 is 47.9 Å². The summed E-state index contributed by atoms with van der Waals surface area (Å²) in [5.41, 5.74) is 0.687. The third kappa shape index (κ3) is 5.63. The number of carbonyl (C=O) groups is 4. The van der Waals surface area contributed by atoms with Gasteiger partial charge in [0.25, 0.3) is 0 Å². The first-order valence-electron chi connectivity index (χ1n) is 15.4. The van der Waals surface area contributed by atoms with E-state index in [2.05, 4.69) is 6.92 Å². The van der Waals surface area contributed by atoms with Crippen LogP contribution in [0.25, 0.3) is 0 Å². The molecule has 8 atom stereocenters. The van der Waals surface area contributed by atoms with E-state index in [4.69, 9.17) is 28.7 Å². The molecule has 0 aromatic carbocycles. The Bertz CT molecular complexity index is 1190. The van der Waals surface area contributed by atoms with Crippen LogP contribution in [0.5, 0.6) is 0 Å². The quantitative estimate of drug-likeness (QED) is 0.159. The maximum absolute atomic E-state index is 12.8. The van der Waals surface area contributed by atoms with Crippen molar-refractivity contribution in [3.05, 3.63) is 22.8 Å². The fraction of sp³-hybridized carbons (Fsp3) is 0.750. The van der Waals surface area contributed by atoms with Crippen LogP contribution in [0.15, 0.2) is 22.8 Å². The number of Topliss-reactive ketones (excluding diaryl/α,β-unsaturated/α-hetero) is 1. The molecular formula is C32H44O10. The summed E-state index contributed by atoms with van der Waals surface area (Å²) in [7, 11) is 0. The van der Waals surface area contributed by atoms with Gasteiger partial charge in [-0.1, -0.05) is 27.7 Å². The Balaban J connectivity index is 1.10. The summed E-state index contributed by atoms with van der Waals surface area (Å²) in [4.78, 5) is 62.1. The monoisotopic (exact) mass is 588 g/mol. The second kappa shape index (κ2) is 11.9. The first-order valence-corrected chi connectivity index (χ1v) is 15.4. The molecule has 4 aliphatic heterocycles. The van der Waals surface area contributed by atoms with Crippen LogP contribution in [0.3, 0.4) is 0 Å². The van der Waals surface area contributed by atoms with E-state index >= 15 is 0 Å². The normalized spacial score (nSPS) is 37.7. The van der Waals surface area contributed by atoms with E-state index in [0.29, 0.717) is 41.9 Å². The van der Waals surface area contributed by atoms with E-state index in [-0.39, 0.29) is 54.7 Å². The summed E-state index contributed by atoms with van der Waals surface area (Å²) in [6, 6.07) is 0. The molecule has 0 amide bonds. The Hall–Kier alpha value is -2.40. The largest absolute Gasteiger partial charge is 0.466 e. The number of ketones is 2. The zero-order valence-corrected chi connectivity index (χ0v) is 25.6. The summed E-state index contributed by atoms with van der Waals surface area (Å²) in [5, 5.41) is 0. The van der Waals surface area contributed by atoms with Crippen molar-refractivity contribution in [2.75, 3.05) is 6.61 Å². The smallest absolute Gasteiger partial charge is 0.308 e. The van der Waals surface area contributed by atoms with Gasteiger partial charge in [-0.3, -0.25) is 19.2 Å². The van der Waals surface area contributed by atoms with E-state index in [1.165, 1.54) is 6.08 Å². The minimum absolute atomic E-state index is 0.0278. The molecule has 5 fully saturated rings. The molecule has 4 heterocycles. The lowest BCUT2D eigenvalue weighted by Crippen LogP contribution is -2.70. The van der Waals surface area contributed by atoms with Crippen molar-refractivity contribution in [2.24, 2.45) is 29.6 Å². The molecule has 10 heteroatoms. The Labute approximate surface area is 247 Å². The van der Waals surface area contributed by atoms with Crippen LogP contribution in [0.4, 0.5) is 0 Å². The Morgan fingerprint density at radius 2 is 1.79 bits per heavy atom. The van der Waals surface area contributed by atoms with Gasteiger partial charge >= 0.3 is 11.9 Å². The van der Waals surface area contributed by atoms with Crippen molar-refractivity contribution in [3.63, 3.8) is 0 Å². The van der Waals surface area contributed by atoms with Crippen molar-refractivity contribution >= 4 is 23.5 Å². The number of fused-ring (bicyclic) bond motifs is 2. The number of allylic oxidation sites excluding steroid dienone is 4. The average molecular weight is 589 g/mol. The van der Waals surface area contributed by atoms with Crippen LogP contribution in [0, 0.1) is 29.6 Å². The van der Waals surface area contributed by atoms with Crippen LogP contribution in [-0.4, -0.2) is 54.1 Å². The van der Waals surface area contributed by atoms with Gasteiger partial charge in [-0.2, -0.15) is 0 Å². The zero-order chi connectivity index (χ0) is 30.4. The predicted octanol–water partition coefficient (Wildman–Crippen LogP) is 4.89. The molecule has 0 N–H and O–H groups in total. The lowest BCUT2D eigenvalue weighted by molar-refractivity contribution is -0.576. The first-order chi connectivity index (χ1) is 19.9. The average Bonchev–Trinajstić information content (AvgIpc) is 3.17. The fourth-order valence-electron chi connectivity index (χ4n) is 7.44. The molecule has 6 aliphatic rings. The van der Waals surface area contributed by atoms with Gasteiger partial charge in [-0.15, -0.1) is 0 Å². The van der Waals surface area contributed by atoms with Crippen LogP contribution in [0.1, 0.15) is 92.9 Å². The highest BCUT2D eigenvalue weighted by molar-refractivity contribution is 6.22. The van der Waals surface area contributed by atoms with Crippen LogP contribution >= 0.6 is 0 Å². The second-order valence-electron chi connectivity index (χ2n) is 13.1. The summed E-state index contributed by atoms with van der Waals surface area (Å²) >= 11 is 0. The van der Waals surface area contributed by atoms with E-state index < -0.39 is 35.9 Å². The van der Waals surface area contributed by atoms with Gasteiger partial charge in [0.1, 0.15) is 0 Å². The maximum atomic E-state index is 12.8. The molecule has 0 aromatic rings. The number of rotatable bonds is 9. The minimum atomic E-state index is -0.918. The number of esters is 2. The van der Waals surface area contributed by atoms with E-state index in [1.54, 1.807) is 6.92 Å². The Morgan fingerprint density at radius 1 is 1.05 bits per heavy atom. The van der Waals surface area contributed by atoms with Crippen LogP contribution < -0.4 is 0 Å². The van der Waals surface area contributed by atoms with E-state index in [9.17, 15) is 19.2 Å². The Kier molecular flexibility index (Phi) is 8.83. The number of ether oxygens (including phenoxy) is 4. The van der Waals surface area contributed by atoms with Gasteiger partial charge in [0.2, 0.25) is 12.1 Å². The van der Waals surface area contributed by atoms with Crippen molar-refractivity contribution in [1.82, 2.24) is 0 Å². The molecule has 4 saturated heterocycles. The fourth-order valence-corrected chi connectivity index (χ4v) is 7.44. The summed E-state index contributed by atoms with van der Waals surface area (Å²) in [6.07, 6.45) is 3.86. The molecule has 232 valence electrons. The molecule has 2 bridgehead atoms. The SMILES string of the molecule is CC1=C(CCCOC(=O)CCC(=O)O[C@@H]2O[C@@H]3O[C@@]4(C)CC[C@H]5[C@H](C)CC[C@@H]([C@H]2C)[C@@]35OO4)C(=O)C(C(C)C)=CC1=O. The highest BCUT2D eigenvalue weighted by Crippen LogP contribution is 2.60. The van der Waals surface area contributed by atoms with Gasteiger partial charge < -0.3 is 18.9 Å². The van der Waals surface area contributed by atoms with Crippen LogP contribution in [-0.2, 0) is 47.9 Å². The lowest BCUT2D eigenvalue weighted by atomic mass is 9.58. The molecular weight excluding hydrogens is 544 g/mol. The van der Waals surface area contributed by atoms with Gasteiger partial charge in [0.15, 0.2) is 23.5 Å². The van der Waals surface area contributed by atoms with E-state index in [1.807, 2.05) is 27.7 Å². The van der Waals surface area contributed by atoms with Gasteiger partial charge in [-0.25, -0.2) is 9.78 Å². The second-order valence-corrected chi connectivity index (χ2v) is 13.1. The Morgan fingerprint density at radius 3 is 2.52 bits per heavy atom. The molecule has 0 radical (unpaired) electrons. The number of hydrogen-bond donors (Lipinski definition) is 0. The highest BCUT2D eigenvalue weighted by atomic mass is 17.3. The predicted molar refractivity (Wildman–Crippen MR) is 148 cm³/mol.